The van der Waals surface area contributed by atoms with E-state index >= 15 is 0 Å². The van der Waals surface area contributed by atoms with Gasteiger partial charge in [0.15, 0.2) is 5.78 Å². The van der Waals surface area contributed by atoms with Crippen LogP contribution < -0.4 is 5.73 Å². The summed E-state index contributed by atoms with van der Waals surface area (Å²) < 4.78 is 0. The maximum atomic E-state index is 13.2. The van der Waals surface area contributed by atoms with Gasteiger partial charge in [0.05, 0.1) is 15.4 Å². The Kier molecular flexibility index (Phi) is 5.88. The van der Waals surface area contributed by atoms with Crippen molar-refractivity contribution in [2.45, 2.75) is 27.2 Å². The second-order valence-corrected chi connectivity index (χ2v) is 9.20. The monoisotopic (exact) mass is 408 g/mol. The molecule has 3 rings (SSSR count). The van der Waals surface area contributed by atoms with Gasteiger partial charge in [-0.2, -0.15) is 0 Å². The fourth-order valence-electron chi connectivity index (χ4n) is 2.84. The van der Waals surface area contributed by atoms with Gasteiger partial charge in [0.2, 0.25) is 0 Å². The first-order valence-electron chi connectivity index (χ1n) is 8.88. The number of nitrogens with zero attached hydrogens (tertiary/aromatic N) is 1. The molecule has 1 aromatic carbocycles. The lowest BCUT2D eigenvalue weighted by Gasteiger charge is -2.19. The molecule has 0 spiro atoms. The van der Waals surface area contributed by atoms with E-state index in [1.54, 1.807) is 36.7 Å². The molecule has 3 aromatic rings. The molecule has 0 saturated carbocycles. The van der Waals surface area contributed by atoms with E-state index in [0.29, 0.717) is 27.6 Å². The van der Waals surface area contributed by atoms with Crippen molar-refractivity contribution >= 4 is 33.7 Å². The van der Waals surface area contributed by atoms with Crippen LogP contribution in [-0.4, -0.2) is 10.8 Å². The Bertz CT molecular complexity index is 1050. The van der Waals surface area contributed by atoms with Crippen molar-refractivity contribution < 1.29 is 4.79 Å². The third kappa shape index (κ3) is 4.81. The molecule has 5 heteroatoms. The molecule has 0 saturated heterocycles. The number of benzene rings is 1. The molecule has 0 bridgehead atoms. The summed E-state index contributed by atoms with van der Waals surface area (Å²) in [4.78, 5) is 18.1. The van der Waals surface area contributed by atoms with E-state index in [4.69, 9.17) is 17.3 Å². The number of hydrogen-bond acceptors (Lipinski definition) is 4. The van der Waals surface area contributed by atoms with Gasteiger partial charge in [-0.3, -0.25) is 9.78 Å². The molecule has 0 unspecified atom stereocenters. The van der Waals surface area contributed by atoms with Crippen LogP contribution in [0.5, 0.6) is 0 Å². The molecule has 0 aliphatic carbocycles. The quantitative estimate of drug-likeness (QED) is 0.453. The summed E-state index contributed by atoms with van der Waals surface area (Å²) in [6.45, 7) is 6.40. The molecule has 28 heavy (non-hydrogen) atoms. The number of aromatic nitrogens is 1. The second kappa shape index (κ2) is 8.18. The smallest absolute Gasteiger partial charge is 0.196 e. The third-order valence-corrected chi connectivity index (χ3v) is 5.29. The van der Waals surface area contributed by atoms with Crippen LogP contribution >= 0.6 is 22.9 Å². The molecule has 142 valence electrons. The lowest BCUT2D eigenvalue weighted by atomic mass is 9.85. The number of rotatable bonds is 3. The summed E-state index contributed by atoms with van der Waals surface area (Å²) in [5, 5.41) is 1.09. The molecule has 0 radical (unpaired) electrons. The van der Waals surface area contributed by atoms with Crippen LogP contribution in [0, 0.1) is 17.3 Å². The average Bonchev–Trinajstić information content (AvgIpc) is 2.94. The fraction of sp³-hybridized carbons (Fsp3) is 0.217. The normalized spacial score (nSPS) is 11.0. The summed E-state index contributed by atoms with van der Waals surface area (Å²) in [5.74, 6) is 6.23. The van der Waals surface area contributed by atoms with Gasteiger partial charge in [-0.25, -0.2) is 0 Å². The number of carbonyl (C=O) groups excluding carboxylic acids is 1. The zero-order chi connectivity index (χ0) is 20.3. The topological polar surface area (TPSA) is 56.0 Å². The van der Waals surface area contributed by atoms with E-state index in [-0.39, 0.29) is 11.2 Å². The Morgan fingerprint density at radius 2 is 1.89 bits per heavy atom. The first kappa shape index (κ1) is 20.1. The molecule has 2 aromatic heterocycles. The zero-order valence-corrected chi connectivity index (χ0v) is 17.6. The van der Waals surface area contributed by atoms with Gasteiger partial charge in [-0.15, -0.1) is 11.3 Å². The van der Waals surface area contributed by atoms with Gasteiger partial charge >= 0.3 is 0 Å². The average molecular weight is 409 g/mol. The summed E-state index contributed by atoms with van der Waals surface area (Å²) >= 11 is 7.32. The van der Waals surface area contributed by atoms with Crippen LogP contribution in [0.4, 0.5) is 5.00 Å². The molecule has 0 amide bonds. The molecule has 0 aliphatic rings. The Morgan fingerprint density at radius 1 is 1.18 bits per heavy atom. The predicted octanol–water partition coefficient (Wildman–Crippen LogP) is 5.60. The highest BCUT2D eigenvalue weighted by Crippen LogP contribution is 2.36. The molecule has 2 heterocycles. The molecular formula is C23H21ClN2OS. The minimum absolute atomic E-state index is 0.0206. The van der Waals surface area contributed by atoms with Crippen LogP contribution in [0.2, 0.25) is 5.02 Å². The summed E-state index contributed by atoms with van der Waals surface area (Å²) in [6.07, 6.45) is 4.13. The highest BCUT2D eigenvalue weighted by molar-refractivity contribution is 7.17. The Labute approximate surface area is 174 Å². The van der Waals surface area contributed by atoms with Gasteiger partial charge in [-0.05, 0) is 53.8 Å². The number of ketones is 1. The minimum Gasteiger partial charge on any atom is -0.390 e. The molecule has 2 N–H and O–H groups in total. The minimum atomic E-state index is -0.0981. The first-order valence-corrected chi connectivity index (χ1v) is 10.1. The van der Waals surface area contributed by atoms with Crippen molar-refractivity contribution in [1.82, 2.24) is 4.98 Å². The SMILES string of the molecule is CC(C)(C)Cc1c(C#Cc2cccnc2)sc(N)c1C(=O)c1ccc(Cl)cc1. The van der Waals surface area contributed by atoms with Crippen molar-refractivity contribution in [1.29, 1.82) is 0 Å². The third-order valence-electron chi connectivity index (χ3n) is 4.06. The number of carbonyl (C=O) groups is 1. The highest BCUT2D eigenvalue weighted by atomic mass is 35.5. The zero-order valence-electron chi connectivity index (χ0n) is 16.0. The Morgan fingerprint density at radius 3 is 2.50 bits per heavy atom. The molecule has 0 fully saturated rings. The van der Waals surface area contributed by atoms with Crippen LogP contribution in [0.3, 0.4) is 0 Å². The summed E-state index contributed by atoms with van der Waals surface area (Å²) in [7, 11) is 0. The molecule has 3 nitrogen and oxygen atoms in total. The Hall–Kier alpha value is -2.61. The number of nitrogen functional groups attached to an aromatic ring is 1. The fourth-order valence-corrected chi connectivity index (χ4v) is 3.91. The van der Waals surface area contributed by atoms with Gasteiger partial charge in [-0.1, -0.05) is 44.2 Å². The van der Waals surface area contributed by atoms with Gasteiger partial charge < -0.3 is 5.73 Å². The van der Waals surface area contributed by atoms with Crippen molar-refractivity contribution in [3.05, 3.63) is 80.9 Å². The standard InChI is InChI=1S/C23H21ClN2OS/c1-23(2,3)13-18-19(11-6-15-5-4-12-26-14-15)28-22(25)20(18)21(27)16-7-9-17(24)10-8-16/h4-5,7-10,12,14H,13,25H2,1-3H3. The molecule has 0 atom stereocenters. The number of hydrogen-bond donors (Lipinski definition) is 1. The van der Waals surface area contributed by atoms with Crippen molar-refractivity contribution in [3.8, 4) is 11.8 Å². The van der Waals surface area contributed by atoms with Crippen molar-refractivity contribution in [2.24, 2.45) is 5.41 Å². The van der Waals surface area contributed by atoms with E-state index in [2.05, 4.69) is 37.6 Å². The van der Waals surface area contributed by atoms with Crippen LogP contribution in [0.1, 0.15) is 52.7 Å². The summed E-state index contributed by atoms with van der Waals surface area (Å²) in [5.41, 5.74) is 9.12. The lowest BCUT2D eigenvalue weighted by Crippen LogP contribution is -2.14. The van der Waals surface area contributed by atoms with Crippen molar-refractivity contribution in [2.75, 3.05) is 5.73 Å². The van der Waals surface area contributed by atoms with E-state index in [9.17, 15) is 4.79 Å². The van der Waals surface area contributed by atoms with Crippen LogP contribution in [0.15, 0.2) is 48.8 Å². The maximum absolute atomic E-state index is 13.2. The number of halogens is 1. The lowest BCUT2D eigenvalue weighted by molar-refractivity contribution is 0.103. The number of anilines is 1. The van der Waals surface area contributed by atoms with Crippen molar-refractivity contribution in [3.63, 3.8) is 0 Å². The number of nitrogens with two attached hydrogens (primary N) is 1. The number of thiophene rings is 1. The summed E-state index contributed by atoms with van der Waals surface area (Å²) in [6, 6.07) is 10.6. The van der Waals surface area contributed by atoms with Gasteiger partial charge in [0.1, 0.15) is 0 Å². The number of pyridine rings is 1. The van der Waals surface area contributed by atoms with Gasteiger partial charge in [0, 0.05) is 28.5 Å². The van der Waals surface area contributed by atoms with Crippen LogP contribution in [-0.2, 0) is 6.42 Å². The van der Waals surface area contributed by atoms with Crippen LogP contribution in [0.25, 0.3) is 0 Å². The largest absolute Gasteiger partial charge is 0.390 e. The van der Waals surface area contributed by atoms with E-state index < -0.39 is 0 Å². The van der Waals surface area contributed by atoms with E-state index in [1.165, 1.54) is 11.3 Å². The highest BCUT2D eigenvalue weighted by Gasteiger charge is 2.26. The predicted molar refractivity (Wildman–Crippen MR) is 117 cm³/mol. The Balaban J connectivity index is 2.09. The van der Waals surface area contributed by atoms with E-state index in [1.807, 2.05) is 12.1 Å². The van der Waals surface area contributed by atoms with Gasteiger partial charge in [0.25, 0.3) is 0 Å². The first-order chi connectivity index (χ1) is 13.2. The van der Waals surface area contributed by atoms with E-state index in [0.717, 1.165) is 16.0 Å². The molecule has 0 aliphatic heterocycles. The maximum Gasteiger partial charge on any atom is 0.196 e. The second-order valence-electron chi connectivity index (χ2n) is 7.71. The molecular weight excluding hydrogens is 388 g/mol.